The predicted molar refractivity (Wildman–Crippen MR) is 80.4 cm³/mol. The number of likely N-dealkylation sites (N-methyl/N-ethyl adjacent to an activating group) is 1. The zero-order chi connectivity index (χ0) is 14.3. The second-order valence-corrected chi connectivity index (χ2v) is 5.15. The van der Waals surface area contributed by atoms with Gasteiger partial charge in [0.2, 0.25) is 0 Å². The highest BCUT2D eigenvalue weighted by molar-refractivity contribution is 6.59. The predicted octanol–water partition coefficient (Wildman–Crippen LogP) is 0.140. The van der Waals surface area contributed by atoms with E-state index in [1.807, 2.05) is 18.2 Å². The Labute approximate surface area is 116 Å². The number of hydrogen-bond acceptors (Lipinski definition) is 4. The Morgan fingerprint density at radius 2 is 1.74 bits per heavy atom. The van der Waals surface area contributed by atoms with Gasteiger partial charge in [-0.1, -0.05) is 31.2 Å². The van der Waals surface area contributed by atoms with Crippen LogP contribution in [-0.2, 0) is 6.54 Å². The highest BCUT2D eigenvalue weighted by Gasteiger charge is 2.16. The average molecular weight is 264 g/mol. The fraction of sp³-hybridized carbons (Fsp3) is 0.571. The molecule has 0 unspecified atom stereocenters. The van der Waals surface area contributed by atoms with Crippen molar-refractivity contribution in [3.05, 3.63) is 29.8 Å². The van der Waals surface area contributed by atoms with Crippen LogP contribution >= 0.6 is 0 Å². The molecule has 0 atom stereocenters. The van der Waals surface area contributed by atoms with E-state index in [2.05, 4.69) is 30.8 Å². The van der Waals surface area contributed by atoms with Gasteiger partial charge in [-0.2, -0.15) is 0 Å². The quantitative estimate of drug-likeness (QED) is 0.656. The Bertz CT molecular complexity index is 372. The summed E-state index contributed by atoms with van der Waals surface area (Å²) in [6.45, 7) is 5.93. The van der Waals surface area contributed by atoms with Gasteiger partial charge in [-0.25, -0.2) is 0 Å². The molecule has 1 aromatic rings. The van der Waals surface area contributed by atoms with Crippen LogP contribution < -0.4 is 5.46 Å². The van der Waals surface area contributed by atoms with Crippen LogP contribution in [0, 0.1) is 0 Å². The molecule has 0 aliphatic carbocycles. The van der Waals surface area contributed by atoms with Gasteiger partial charge in [-0.05, 0) is 38.1 Å². The molecule has 0 aromatic heterocycles. The number of nitrogens with zero attached hydrogens (tertiary/aromatic N) is 2. The molecule has 0 saturated heterocycles. The molecule has 0 spiro atoms. The van der Waals surface area contributed by atoms with E-state index in [4.69, 9.17) is 0 Å². The average Bonchev–Trinajstić information content (AvgIpc) is 2.36. The second kappa shape index (κ2) is 8.33. The third kappa shape index (κ3) is 5.74. The first-order valence-electron chi connectivity index (χ1n) is 6.85. The molecule has 1 aromatic carbocycles. The third-order valence-corrected chi connectivity index (χ3v) is 3.13. The van der Waals surface area contributed by atoms with Crippen molar-refractivity contribution in [2.45, 2.75) is 19.9 Å². The Morgan fingerprint density at radius 3 is 2.32 bits per heavy atom. The summed E-state index contributed by atoms with van der Waals surface area (Å²) in [7, 11) is 2.74. The van der Waals surface area contributed by atoms with Crippen molar-refractivity contribution in [3.63, 3.8) is 0 Å². The largest absolute Gasteiger partial charge is 0.488 e. The minimum Gasteiger partial charge on any atom is -0.423 e. The molecule has 106 valence electrons. The zero-order valence-electron chi connectivity index (χ0n) is 12.2. The summed E-state index contributed by atoms with van der Waals surface area (Å²) in [6.07, 6.45) is 1.09. The minimum absolute atomic E-state index is 0.605. The van der Waals surface area contributed by atoms with Crippen molar-refractivity contribution in [1.82, 2.24) is 9.80 Å². The van der Waals surface area contributed by atoms with Crippen molar-refractivity contribution >= 4 is 12.6 Å². The van der Waals surface area contributed by atoms with Crippen LogP contribution in [0.1, 0.15) is 18.9 Å². The standard InChI is InChI=1S/C14H25BN2O2/c1-4-9-17(11-10-16(2)3)12-13-7-5-6-8-14(13)15(18)19/h5-8,18-19H,4,9-12H2,1-3H3. The molecule has 0 bridgehead atoms. The zero-order valence-corrected chi connectivity index (χ0v) is 12.2. The van der Waals surface area contributed by atoms with Gasteiger partial charge in [0.15, 0.2) is 0 Å². The van der Waals surface area contributed by atoms with Crippen LogP contribution in [0.5, 0.6) is 0 Å². The monoisotopic (exact) mass is 264 g/mol. The van der Waals surface area contributed by atoms with Crippen molar-refractivity contribution in [3.8, 4) is 0 Å². The van der Waals surface area contributed by atoms with E-state index in [1.165, 1.54) is 0 Å². The van der Waals surface area contributed by atoms with E-state index in [-0.39, 0.29) is 0 Å². The first-order chi connectivity index (χ1) is 9.04. The molecule has 0 aliphatic rings. The molecule has 0 saturated carbocycles. The lowest BCUT2D eigenvalue weighted by Gasteiger charge is -2.24. The number of benzene rings is 1. The van der Waals surface area contributed by atoms with E-state index in [1.54, 1.807) is 6.07 Å². The SMILES string of the molecule is CCCN(CCN(C)C)Cc1ccccc1B(O)O. The smallest absolute Gasteiger partial charge is 0.423 e. The maximum Gasteiger partial charge on any atom is 0.488 e. The van der Waals surface area contributed by atoms with Crippen molar-refractivity contribution in [1.29, 1.82) is 0 Å². The van der Waals surface area contributed by atoms with Crippen LogP contribution in [0.15, 0.2) is 24.3 Å². The van der Waals surface area contributed by atoms with E-state index in [9.17, 15) is 10.0 Å². The molecule has 0 amide bonds. The van der Waals surface area contributed by atoms with Crippen LogP contribution in [-0.4, -0.2) is 60.7 Å². The fourth-order valence-electron chi connectivity index (χ4n) is 2.10. The van der Waals surface area contributed by atoms with Gasteiger partial charge >= 0.3 is 7.12 Å². The number of rotatable bonds is 8. The molecule has 5 heteroatoms. The summed E-state index contributed by atoms with van der Waals surface area (Å²) >= 11 is 0. The van der Waals surface area contributed by atoms with Crippen molar-refractivity contribution in [2.75, 3.05) is 33.7 Å². The topological polar surface area (TPSA) is 46.9 Å². The molecule has 0 fully saturated rings. The van der Waals surface area contributed by atoms with Crippen molar-refractivity contribution < 1.29 is 10.0 Å². The van der Waals surface area contributed by atoms with E-state index in [0.717, 1.165) is 38.2 Å². The molecule has 2 N–H and O–H groups in total. The molecular formula is C14H25BN2O2. The molecule has 1 rings (SSSR count). The van der Waals surface area contributed by atoms with E-state index < -0.39 is 7.12 Å². The summed E-state index contributed by atoms with van der Waals surface area (Å²) in [5, 5.41) is 18.8. The van der Waals surface area contributed by atoms with Gasteiger partial charge < -0.3 is 14.9 Å². The Balaban J connectivity index is 2.72. The number of hydrogen-bond donors (Lipinski definition) is 2. The van der Waals surface area contributed by atoms with Gasteiger partial charge in [0.05, 0.1) is 0 Å². The summed E-state index contributed by atoms with van der Waals surface area (Å²) in [4.78, 5) is 4.51. The summed E-state index contributed by atoms with van der Waals surface area (Å²) in [5.74, 6) is 0. The highest BCUT2D eigenvalue weighted by Crippen LogP contribution is 2.04. The van der Waals surface area contributed by atoms with Gasteiger partial charge in [0.25, 0.3) is 0 Å². The first-order valence-corrected chi connectivity index (χ1v) is 6.85. The fourth-order valence-corrected chi connectivity index (χ4v) is 2.10. The Morgan fingerprint density at radius 1 is 1.05 bits per heavy atom. The van der Waals surface area contributed by atoms with Crippen LogP contribution in [0.2, 0.25) is 0 Å². The van der Waals surface area contributed by atoms with E-state index >= 15 is 0 Å². The molecule has 0 radical (unpaired) electrons. The summed E-state index contributed by atoms with van der Waals surface area (Å²) < 4.78 is 0. The second-order valence-electron chi connectivity index (χ2n) is 5.15. The molecule has 0 aliphatic heterocycles. The highest BCUT2D eigenvalue weighted by atomic mass is 16.4. The molecule has 4 nitrogen and oxygen atoms in total. The van der Waals surface area contributed by atoms with Crippen LogP contribution in [0.3, 0.4) is 0 Å². The van der Waals surface area contributed by atoms with Gasteiger partial charge in [-0.3, -0.25) is 4.90 Å². The van der Waals surface area contributed by atoms with Gasteiger partial charge in [-0.15, -0.1) is 0 Å². The van der Waals surface area contributed by atoms with E-state index in [0.29, 0.717) is 5.46 Å². The maximum absolute atomic E-state index is 9.39. The lowest BCUT2D eigenvalue weighted by Crippen LogP contribution is -2.37. The van der Waals surface area contributed by atoms with Crippen molar-refractivity contribution in [2.24, 2.45) is 0 Å². The molecular weight excluding hydrogens is 239 g/mol. The molecule has 0 heterocycles. The Hall–Kier alpha value is -0.875. The lowest BCUT2D eigenvalue weighted by atomic mass is 9.77. The third-order valence-electron chi connectivity index (χ3n) is 3.13. The first kappa shape index (κ1) is 16.2. The summed E-state index contributed by atoms with van der Waals surface area (Å²) in [6, 6.07) is 7.52. The lowest BCUT2D eigenvalue weighted by molar-refractivity contribution is 0.234. The Kier molecular flexibility index (Phi) is 7.09. The van der Waals surface area contributed by atoms with Gasteiger partial charge in [0, 0.05) is 19.6 Å². The normalized spacial score (nSPS) is 11.3. The maximum atomic E-state index is 9.39. The van der Waals surface area contributed by atoms with Crippen LogP contribution in [0.4, 0.5) is 0 Å². The minimum atomic E-state index is -1.39. The van der Waals surface area contributed by atoms with Crippen LogP contribution in [0.25, 0.3) is 0 Å². The molecule has 19 heavy (non-hydrogen) atoms. The summed E-state index contributed by atoms with van der Waals surface area (Å²) in [5.41, 5.74) is 1.60. The van der Waals surface area contributed by atoms with Gasteiger partial charge in [0.1, 0.15) is 0 Å².